The third-order valence-electron chi connectivity index (χ3n) is 5.02. The summed E-state index contributed by atoms with van der Waals surface area (Å²) < 4.78 is 28.4. The molecule has 1 aromatic heterocycles. The second-order valence-corrected chi connectivity index (χ2v) is 6.95. The van der Waals surface area contributed by atoms with E-state index in [1.807, 2.05) is 51.1 Å². The van der Waals surface area contributed by atoms with Gasteiger partial charge >= 0.3 is 0 Å². The van der Waals surface area contributed by atoms with Crippen LogP contribution >= 0.6 is 0 Å². The van der Waals surface area contributed by atoms with Gasteiger partial charge in [0, 0.05) is 22.4 Å². The number of aliphatic imine (C=N–C) groups is 1. The Hall–Kier alpha value is -2.69. The van der Waals surface area contributed by atoms with Crippen LogP contribution < -0.4 is 0 Å². The zero-order chi connectivity index (χ0) is 17.8. The topological polar surface area (TPSA) is 38.1 Å². The van der Waals surface area contributed by atoms with E-state index in [2.05, 4.69) is 10.2 Å². The molecule has 126 valence electrons. The number of nitrogens with zero attached hydrogens (tertiary/aromatic N) is 3. The molecule has 3 aromatic rings. The van der Waals surface area contributed by atoms with Gasteiger partial charge in [0.05, 0.1) is 16.8 Å². The molecule has 5 heteroatoms. The van der Waals surface area contributed by atoms with Gasteiger partial charge in [-0.25, -0.2) is 8.78 Å². The minimum Gasteiger partial charge on any atom is -0.276 e. The summed E-state index contributed by atoms with van der Waals surface area (Å²) in [7, 11) is 0. The average molecular weight is 337 g/mol. The molecule has 0 saturated heterocycles. The van der Waals surface area contributed by atoms with Crippen molar-refractivity contribution in [3.05, 3.63) is 70.9 Å². The maximum atomic E-state index is 14.6. The van der Waals surface area contributed by atoms with E-state index in [0.29, 0.717) is 22.5 Å². The lowest BCUT2D eigenvalue weighted by atomic mass is 9.77. The minimum absolute atomic E-state index is 0.254. The second-order valence-electron chi connectivity index (χ2n) is 6.95. The molecule has 0 fully saturated rings. The summed E-state index contributed by atoms with van der Waals surface area (Å²) in [6.45, 7) is 5.70. The number of halogens is 2. The molecule has 1 aliphatic heterocycles. The Morgan fingerprint density at radius 3 is 2.56 bits per heavy atom. The number of rotatable bonds is 1. The highest BCUT2D eigenvalue weighted by atomic mass is 19.2. The Kier molecular flexibility index (Phi) is 3.42. The standard InChI is InChI=1S/C20H17F2N3/c1-11-17-13(8-9-14(21)18(17)22)19(23-20(11,2)3)16-10-12-6-4-5-7-15(12)24-25-16/h4-11H,1-3H3. The minimum atomic E-state index is -0.841. The smallest absolute Gasteiger partial charge is 0.163 e. The molecule has 4 rings (SSSR count). The summed E-state index contributed by atoms with van der Waals surface area (Å²) in [5.41, 5.74) is 2.24. The van der Waals surface area contributed by atoms with Crippen LogP contribution in [0.5, 0.6) is 0 Å². The maximum Gasteiger partial charge on any atom is 0.163 e. The lowest BCUT2D eigenvalue weighted by Crippen LogP contribution is -2.34. The average Bonchev–Trinajstić information content (AvgIpc) is 2.60. The summed E-state index contributed by atoms with van der Waals surface area (Å²) in [6.07, 6.45) is 0. The first kappa shape index (κ1) is 15.8. The van der Waals surface area contributed by atoms with Crippen LogP contribution in [0, 0.1) is 11.6 Å². The lowest BCUT2D eigenvalue weighted by molar-refractivity contribution is 0.405. The molecule has 0 bridgehead atoms. The molecule has 2 aromatic carbocycles. The van der Waals surface area contributed by atoms with E-state index < -0.39 is 17.2 Å². The molecular weight excluding hydrogens is 320 g/mol. The molecule has 25 heavy (non-hydrogen) atoms. The first-order chi connectivity index (χ1) is 11.9. The summed E-state index contributed by atoms with van der Waals surface area (Å²) in [5.74, 6) is -1.90. The van der Waals surface area contributed by atoms with E-state index in [9.17, 15) is 8.78 Å². The van der Waals surface area contributed by atoms with Crippen LogP contribution in [0.25, 0.3) is 10.9 Å². The van der Waals surface area contributed by atoms with Gasteiger partial charge in [0.2, 0.25) is 0 Å². The largest absolute Gasteiger partial charge is 0.276 e. The lowest BCUT2D eigenvalue weighted by Gasteiger charge is -2.35. The van der Waals surface area contributed by atoms with Crippen LogP contribution in [0.15, 0.2) is 47.5 Å². The Balaban J connectivity index is 1.98. The van der Waals surface area contributed by atoms with Gasteiger partial charge in [0.15, 0.2) is 11.6 Å². The van der Waals surface area contributed by atoms with Crippen molar-refractivity contribution in [1.29, 1.82) is 0 Å². The summed E-state index contributed by atoms with van der Waals surface area (Å²) >= 11 is 0. The first-order valence-electron chi connectivity index (χ1n) is 8.19. The fourth-order valence-corrected chi connectivity index (χ4v) is 3.29. The molecule has 2 heterocycles. The van der Waals surface area contributed by atoms with Crippen LogP contribution in [-0.2, 0) is 0 Å². The fraction of sp³-hybridized carbons (Fsp3) is 0.250. The Labute approximate surface area is 144 Å². The zero-order valence-corrected chi connectivity index (χ0v) is 14.2. The third-order valence-corrected chi connectivity index (χ3v) is 5.02. The Morgan fingerprint density at radius 1 is 1.00 bits per heavy atom. The van der Waals surface area contributed by atoms with Gasteiger partial charge in [0.1, 0.15) is 5.69 Å². The molecule has 0 aliphatic carbocycles. The summed E-state index contributed by atoms with van der Waals surface area (Å²) in [5, 5.41) is 9.44. The van der Waals surface area contributed by atoms with E-state index in [0.717, 1.165) is 17.0 Å². The monoisotopic (exact) mass is 337 g/mol. The molecule has 0 radical (unpaired) electrons. The zero-order valence-electron chi connectivity index (χ0n) is 14.2. The molecule has 0 N–H and O–H groups in total. The number of benzene rings is 2. The van der Waals surface area contributed by atoms with E-state index in [4.69, 9.17) is 4.99 Å². The predicted molar refractivity (Wildman–Crippen MR) is 94.0 cm³/mol. The molecule has 0 saturated carbocycles. The van der Waals surface area contributed by atoms with Crippen molar-refractivity contribution in [3.63, 3.8) is 0 Å². The quantitative estimate of drug-likeness (QED) is 0.649. The molecule has 3 nitrogen and oxygen atoms in total. The van der Waals surface area contributed by atoms with Crippen molar-refractivity contribution in [3.8, 4) is 0 Å². The molecule has 1 aliphatic rings. The van der Waals surface area contributed by atoms with Crippen LogP contribution in [0.1, 0.15) is 43.5 Å². The number of hydrogen-bond donors (Lipinski definition) is 0. The van der Waals surface area contributed by atoms with E-state index in [1.54, 1.807) is 6.07 Å². The van der Waals surface area contributed by atoms with Crippen molar-refractivity contribution in [2.45, 2.75) is 32.2 Å². The Bertz CT molecular complexity index is 1020. The van der Waals surface area contributed by atoms with Crippen LogP contribution in [-0.4, -0.2) is 21.4 Å². The van der Waals surface area contributed by atoms with E-state index in [1.165, 1.54) is 0 Å². The Morgan fingerprint density at radius 2 is 1.76 bits per heavy atom. The summed E-state index contributed by atoms with van der Waals surface area (Å²) in [6, 6.07) is 12.2. The predicted octanol–water partition coefficient (Wildman–Crippen LogP) is 4.64. The van der Waals surface area contributed by atoms with Crippen molar-refractivity contribution < 1.29 is 8.78 Å². The summed E-state index contributed by atoms with van der Waals surface area (Å²) in [4.78, 5) is 4.81. The molecule has 1 atom stereocenters. The van der Waals surface area contributed by atoms with Gasteiger partial charge in [-0.2, -0.15) is 0 Å². The second kappa shape index (κ2) is 5.41. The van der Waals surface area contributed by atoms with Crippen molar-refractivity contribution in [2.75, 3.05) is 0 Å². The van der Waals surface area contributed by atoms with Crippen molar-refractivity contribution in [1.82, 2.24) is 10.2 Å². The van der Waals surface area contributed by atoms with Crippen LogP contribution in [0.4, 0.5) is 8.78 Å². The van der Waals surface area contributed by atoms with Crippen molar-refractivity contribution >= 4 is 16.6 Å². The van der Waals surface area contributed by atoms with E-state index in [-0.39, 0.29) is 5.92 Å². The van der Waals surface area contributed by atoms with Crippen molar-refractivity contribution in [2.24, 2.45) is 4.99 Å². The first-order valence-corrected chi connectivity index (χ1v) is 8.19. The van der Waals surface area contributed by atoms with Gasteiger partial charge in [-0.3, -0.25) is 4.99 Å². The maximum absolute atomic E-state index is 14.6. The van der Waals surface area contributed by atoms with Gasteiger partial charge in [-0.05, 0) is 38.1 Å². The van der Waals surface area contributed by atoms with Gasteiger partial charge in [-0.1, -0.05) is 25.1 Å². The van der Waals surface area contributed by atoms with E-state index >= 15 is 0 Å². The fourth-order valence-electron chi connectivity index (χ4n) is 3.29. The highest BCUT2D eigenvalue weighted by Crippen LogP contribution is 2.40. The number of hydrogen-bond acceptors (Lipinski definition) is 3. The van der Waals surface area contributed by atoms with Gasteiger partial charge < -0.3 is 0 Å². The normalized spacial score (nSPS) is 18.8. The number of aromatic nitrogens is 2. The molecular formula is C20H17F2N3. The van der Waals surface area contributed by atoms with Gasteiger partial charge in [-0.15, -0.1) is 10.2 Å². The van der Waals surface area contributed by atoms with Crippen LogP contribution in [0.2, 0.25) is 0 Å². The SMILES string of the molecule is CC1c2c(ccc(F)c2F)C(c2cc3ccccc3nn2)=NC1(C)C. The molecule has 1 unspecified atom stereocenters. The number of fused-ring (bicyclic) bond motifs is 2. The van der Waals surface area contributed by atoms with Crippen LogP contribution in [0.3, 0.4) is 0 Å². The highest BCUT2D eigenvalue weighted by Gasteiger charge is 2.37. The molecule has 0 spiro atoms. The highest BCUT2D eigenvalue weighted by molar-refractivity contribution is 6.14. The van der Waals surface area contributed by atoms with Gasteiger partial charge in [0.25, 0.3) is 0 Å². The molecule has 0 amide bonds. The third kappa shape index (κ3) is 2.42.